The van der Waals surface area contributed by atoms with Crippen molar-refractivity contribution in [1.82, 2.24) is 0 Å². The minimum Gasteiger partial charge on any atom is -0.197 e. The molecule has 14 heavy (non-hydrogen) atoms. The van der Waals surface area contributed by atoms with Crippen molar-refractivity contribution >= 4 is 11.6 Å². The van der Waals surface area contributed by atoms with Crippen molar-refractivity contribution in [2.75, 3.05) is 0 Å². The summed E-state index contributed by atoms with van der Waals surface area (Å²) in [5, 5.41) is 9.93. The zero-order valence-corrected chi connectivity index (χ0v) is 8.93. The molecule has 0 spiro atoms. The molecular weight excluding hydrogens is 194 g/mol. The lowest BCUT2D eigenvalue weighted by Gasteiger charge is -2.36. The lowest BCUT2D eigenvalue weighted by atomic mass is 9.65. The van der Waals surface area contributed by atoms with Gasteiger partial charge in [-0.05, 0) is 37.8 Å². The van der Waals surface area contributed by atoms with Crippen LogP contribution >= 0.6 is 11.6 Å². The first-order valence-electron chi connectivity index (χ1n) is 4.86. The van der Waals surface area contributed by atoms with E-state index < -0.39 is 0 Å². The predicted octanol–water partition coefficient (Wildman–Crippen LogP) is 3.59. The van der Waals surface area contributed by atoms with Crippen molar-refractivity contribution in [2.24, 2.45) is 0 Å². The quantitative estimate of drug-likeness (QED) is 0.688. The number of rotatable bonds is 1. The second-order valence-corrected chi connectivity index (χ2v) is 4.44. The van der Waals surface area contributed by atoms with E-state index in [0.29, 0.717) is 0 Å². The third-order valence-corrected chi connectivity index (χ3v) is 3.39. The second-order valence-electron chi connectivity index (χ2n) is 4.03. The van der Waals surface area contributed by atoms with Crippen LogP contribution < -0.4 is 0 Å². The number of hydrogen-bond acceptors (Lipinski definition) is 1. The monoisotopic (exact) mass is 205 g/mol. The van der Waals surface area contributed by atoms with E-state index in [1.54, 1.807) is 0 Å². The van der Waals surface area contributed by atoms with Crippen LogP contribution in [0.4, 0.5) is 0 Å². The van der Waals surface area contributed by atoms with Gasteiger partial charge in [-0.3, -0.25) is 0 Å². The molecule has 1 aromatic carbocycles. The van der Waals surface area contributed by atoms with Crippen molar-refractivity contribution < 1.29 is 0 Å². The Morgan fingerprint density at radius 1 is 1.43 bits per heavy atom. The van der Waals surface area contributed by atoms with Crippen LogP contribution in [0, 0.1) is 18.3 Å². The molecule has 0 N–H and O–H groups in total. The number of hydrogen-bond donors (Lipinski definition) is 0. The van der Waals surface area contributed by atoms with Crippen LogP contribution in [0.25, 0.3) is 0 Å². The summed E-state index contributed by atoms with van der Waals surface area (Å²) in [7, 11) is 0. The zero-order valence-electron chi connectivity index (χ0n) is 8.18. The van der Waals surface area contributed by atoms with E-state index in [9.17, 15) is 5.26 Å². The first-order chi connectivity index (χ1) is 6.68. The summed E-state index contributed by atoms with van der Waals surface area (Å²) in [5.41, 5.74) is 1.90. The summed E-state index contributed by atoms with van der Waals surface area (Å²) < 4.78 is 0. The van der Waals surface area contributed by atoms with Gasteiger partial charge in [-0.25, -0.2) is 0 Å². The number of nitriles is 1. The molecule has 1 nitrogen and oxygen atoms in total. The predicted molar refractivity (Wildman–Crippen MR) is 57.3 cm³/mol. The Morgan fingerprint density at radius 3 is 2.64 bits per heavy atom. The number of nitrogens with zero attached hydrogens (tertiary/aromatic N) is 1. The van der Waals surface area contributed by atoms with Gasteiger partial charge in [0.25, 0.3) is 0 Å². The normalized spacial score (nSPS) is 18.4. The molecule has 1 fully saturated rings. The molecule has 0 saturated heterocycles. The van der Waals surface area contributed by atoms with E-state index in [0.717, 1.165) is 29.8 Å². The Hall–Kier alpha value is -1.00. The molecule has 0 aromatic heterocycles. The standard InChI is InChI=1S/C12H12ClN/c1-9-3-4-11(13)10(7-9)12(8-14)5-2-6-12/h3-4,7H,2,5-6H2,1H3. The molecule has 0 atom stereocenters. The maximum Gasteiger partial charge on any atom is 0.0836 e. The maximum atomic E-state index is 9.20. The van der Waals surface area contributed by atoms with Crippen molar-refractivity contribution in [3.8, 4) is 6.07 Å². The minimum absolute atomic E-state index is 0.289. The molecule has 0 aliphatic heterocycles. The molecule has 1 aliphatic rings. The summed E-state index contributed by atoms with van der Waals surface area (Å²) in [4.78, 5) is 0. The highest BCUT2D eigenvalue weighted by atomic mass is 35.5. The third-order valence-electron chi connectivity index (χ3n) is 3.06. The molecule has 0 amide bonds. The van der Waals surface area contributed by atoms with Gasteiger partial charge in [-0.15, -0.1) is 0 Å². The molecular formula is C12H12ClN. The van der Waals surface area contributed by atoms with Gasteiger partial charge in [0.15, 0.2) is 0 Å². The number of aryl methyl sites for hydroxylation is 1. The van der Waals surface area contributed by atoms with Crippen LogP contribution in [0.5, 0.6) is 0 Å². The Labute approximate surface area is 89.3 Å². The largest absolute Gasteiger partial charge is 0.197 e. The first kappa shape index (κ1) is 9.55. The van der Waals surface area contributed by atoms with Crippen molar-refractivity contribution in [3.05, 3.63) is 34.3 Å². The smallest absolute Gasteiger partial charge is 0.0836 e. The molecule has 72 valence electrons. The average molecular weight is 206 g/mol. The molecule has 1 aliphatic carbocycles. The summed E-state index contributed by atoms with van der Waals surface area (Å²) in [5.74, 6) is 0. The highest BCUT2D eigenvalue weighted by Gasteiger charge is 2.40. The van der Waals surface area contributed by atoms with Crippen LogP contribution in [0.3, 0.4) is 0 Å². The van der Waals surface area contributed by atoms with Gasteiger partial charge in [-0.2, -0.15) is 5.26 Å². The van der Waals surface area contributed by atoms with E-state index in [4.69, 9.17) is 11.6 Å². The van der Waals surface area contributed by atoms with Crippen LogP contribution in [0.15, 0.2) is 18.2 Å². The van der Waals surface area contributed by atoms with Crippen molar-refractivity contribution in [3.63, 3.8) is 0 Å². The van der Waals surface area contributed by atoms with Gasteiger partial charge in [-0.1, -0.05) is 29.3 Å². The average Bonchev–Trinajstić information content (AvgIpc) is 2.10. The van der Waals surface area contributed by atoms with Crippen molar-refractivity contribution in [2.45, 2.75) is 31.6 Å². The molecule has 0 radical (unpaired) electrons. The lowest BCUT2D eigenvalue weighted by Crippen LogP contribution is -2.32. The third kappa shape index (κ3) is 1.31. The summed E-state index contributed by atoms with van der Waals surface area (Å²) in [6, 6.07) is 8.34. The second kappa shape index (κ2) is 3.29. The van der Waals surface area contributed by atoms with Crippen LogP contribution in [0.1, 0.15) is 30.4 Å². The fraction of sp³-hybridized carbons (Fsp3) is 0.417. The van der Waals surface area contributed by atoms with Crippen LogP contribution in [0.2, 0.25) is 5.02 Å². The zero-order chi connectivity index (χ0) is 10.2. The maximum absolute atomic E-state index is 9.20. The SMILES string of the molecule is Cc1ccc(Cl)c(C2(C#N)CCC2)c1. The summed E-state index contributed by atoms with van der Waals surface area (Å²) in [6.07, 6.45) is 3.04. The molecule has 1 aromatic rings. The van der Waals surface area contributed by atoms with Gasteiger partial charge in [0.1, 0.15) is 0 Å². The summed E-state index contributed by atoms with van der Waals surface area (Å²) >= 11 is 6.12. The Kier molecular flexibility index (Phi) is 2.25. The Balaban J connectivity index is 2.50. The first-order valence-corrected chi connectivity index (χ1v) is 5.24. The highest BCUT2D eigenvalue weighted by molar-refractivity contribution is 6.31. The van der Waals surface area contributed by atoms with Gasteiger partial charge in [0.2, 0.25) is 0 Å². The lowest BCUT2D eigenvalue weighted by molar-refractivity contribution is 0.324. The number of benzene rings is 1. The van der Waals surface area contributed by atoms with Gasteiger partial charge < -0.3 is 0 Å². The summed E-state index contributed by atoms with van der Waals surface area (Å²) in [6.45, 7) is 2.03. The molecule has 0 bridgehead atoms. The van der Waals surface area contributed by atoms with E-state index >= 15 is 0 Å². The van der Waals surface area contributed by atoms with Gasteiger partial charge in [0, 0.05) is 5.02 Å². The molecule has 0 unspecified atom stereocenters. The van der Waals surface area contributed by atoms with E-state index in [1.807, 2.05) is 25.1 Å². The van der Waals surface area contributed by atoms with Crippen LogP contribution in [-0.4, -0.2) is 0 Å². The van der Waals surface area contributed by atoms with E-state index in [2.05, 4.69) is 6.07 Å². The van der Waals surface area contributed by atoms with Gasteiger partial charge in [0.05, 0.1) is 11.5 Å². The van der Waals surface area contributed by atoms with E-state index in [-0.39, 0.29) is 5.41 Å². The fourth-order valence-corrected chi connectivity index (χ4v) is 2.28. The molecule has 2 rings (SSSR count). The molecule has 0 heterocycles. The Bertz CT molecular complexity index is 399. The molecule has 1 saturated carbocycles. The van der Waals surface area contributed by atoms with Gasteiger partial charge >= 0.3 is 0 Å². The molecule has 2 heteroatoms. The topological polar surface area (TPSA) is 23.8 Å². The van der Waals surface area contributed by atoms with Crippen LogP contribution in [-0.2, 0) is 5.41 Å². The minimum atomic E-state index is -0.289. The highest BCUT2D eigenvalue weighted by Crippen LogP contribution is 2.45. The van der Waals surface area contributed by atoms with E-state index in [1.165, 1.54) is 5.56 Å². The Morgan fingerprint density at radius 2 is 2.14 bits per heavy atom. The number of halogens is 1. The van der Waals surface area contributed by atoms with Crippen molar-refractivity contribution in [1.29, 1.82) is 5.26 Å². The fourth-order valence-electron chi connectivity index (χ4n) is 1.98.